The van der Waals surface area contributed by atoms with Gasteiger partial charge >= 0.3 is 5.97 Å². The highest BCUT2D eigenvalue weighted by Gasteiger charge is 2.27. The van der Waals surface area contributed by atoms with Crippen molar-refractivity contribution in [1.82, 2.24) is 4.31 Å². The number of carbonyl (C=O) groups excluding carboxylic acids is 2. The Labute approximate surface area is 196 Å². The molecule has 0 bridgehead atoms. The van der Waals surface area contributed by atoms with Gasteiger partial charge < -0.3 is 14.5 Å². The standard InChI is InChI=1S/C23H21ClN2O6S/c24-20-10-9-18(33(29,30)26-11-2-1-3-12-26)15-19(20)23(28)32-17-7-4-6-16(14-17)25-22(27)21-8-5-13-31-21/h4-10,13-15H,1-3,11-12H2,(H,25,27). The van der Waals surface area contributed by atoms with Gasteiger partial charge in [-0.15, -0.1) is 0 Å². The Hall–Kier alpha value is -3.14. The number of ether oxygens (including phenoxy) is 1. The maximum Gasteiger partial charge on any atom is 0.345 e. The normalized spacial score (nSPS) is 14.6. The molecule has 1 aliphatic heterocycles. The van der Waals surface area contributed by atoms with Gasteiger partial charge in [-0.05, 0) is 55.3 Å². The minimum atomic E-state index is -3.74. The van der Waals surface area contributed by atoms with Crippen LogP contribution in [-0.2, 0) is 10.0 Å². The number of nitrogens with one attached hydrogen (secondary N) is 1. The van der Waals surface area contributed by atoms with Crippen LogP contribution in [0.4, 0.5) is 5.69 Å². The van der Waals surface area contributed by atoms with Gasteiger partial charge in [0.1, 0.15) is 5.75 Å². The number of rotatable bonds is 6. The van der Waals surface area contributed by atoms with Crippen molar-refractivity contribution >= 4 is 39.2 Å². The summed E-state index contributed by atoms with van der Waals surface area (Å²) < 4.78 is 37.8. The molecule has 0 radical (unpaired) electrons. The van der Waals surface area contributed by atoms with Gasteiger partial charge in [0.25, 0.3) is 5.91 Å². The number of amides is 1. The first kappa shape index (κ1) is 23.0. The molecular weight excluding hydrogens is 468 g/mol. The second kappa shape index (κ2) is 9.78. The zero-order valence-corrected chi connectivity index (χ0v) is 19.1. The predicted octanol–water partition coefficient (Wildman–Crippen LogP) is 4.58. The molecule has 172 valence electrons. The zero-order chi connectivity index (χ0) is 23.4. The molecule has 0 unspecified atom stereocenters. The van der Waals surface area contributed by atoms with Crippen LogP contribution in [-0.4, -0.2) is 37.7 Å². The smallest absolute Gasteiger partial charge is 0.345 e. The number of anilines is 1. The van der Waals surface area contributed by atoms with Crippen LogP contribution in [0.15, 0.2) is 70.2 Å². The van der Waals surface area contributed by atoms with Crippen molar-refractivity contribution in [1.29, 1.82) is 0 Å². The third-order valence-electron chi connectivity index (χ3n) is 5.16. The molecule has 8 nitrogen and oxygen atoms in total. The van der Waals surface area contributed by atoms with Crippen LogP contribution < -0.4 is 10.1 Å². The number of piperidine rings is 1. The van der Waals surface area contributed by atoms with E-state index in [1.165, 1.54) is 47.0 Å². The molecule has 0 atom stereocenters. The number of furan rings is 1. The Balaban J connectivity index is 1.52. The molecule has 0 saturated carbocycles. The average molecular weight is 489 g/mol. The van der Waals surface area contributed by atoms with Crippen molar-refractivity contribution in [2.24, 2.45) is 0 Å². The van der Waals surface area contributed by atoms with Gasteiger partial charge in [-0.1, -0.05) is 24.1 Å². The van der Waals surface area contributed by atoms with Crippen LogP contribution in [0.2, 0.25) is 5.02 Å². The number of hydrogen-bond acceptors (Lipinski definition) is 6. The Morgan fingerprint density at radius 1 is 1.00 bits per heavy atom. The van der Waals surface area contributed by atoms with Crippen LogP contribution >= 0.6 is 11.6 Å². The van der Waals surface area contributed by atoms with E-state index in [-0.39, 0.29) is 27.0 Å². The third kappa shape index (κ3) is 5.27. The fraction of sp³-hybridized carbons (Fsp3) is 0.217. The fourth-order valence-electron chi connectivity index (χ4n) is 3.48. The van der Waals surface area contributed by atoms with E-state index in [1.807, 2.05) is 0 Å². The molecule has 3 aromatic rings. The van der Waals surface area contributed by atoms with E-state index in [0.29, 0.717) is 18.8 Å². The van der Waals surface area contributed by atoms with Crippen molar-refractivity contribution in [2.75, 3.05) is 18.4 Å². The lowest BCUT2D eigenvalue weighted by Gasteiger charge is -2.26. The SMILES string of the molecule is O=C(Nc1cccc(OC(=O)c2cc(S(=O)(=O)N3CCCCC3)ccc2Cl)c1)c1ccco1. The quantitative estimate of drug-likeness (QED) is 0.402. The van der Waals surface area contributed by atoms with Gasteiger partial charge in [-0.2, -0.15) is 4.31 Å². The summed E-state index contributed by atoms with van der Waals surface area (Å²) in [5.41, 5.74) is 0.314. The molecule has 1 fully saturated rings. The van der Waals surface area contributed by atoms with Gasteiger partial charge in [0.2, 0.25) is 10.0 Å². The van der Waals surface area contributed by atoms with Gasteiger partial charge in [0.15, 0.2) is 5.76 Å². The molecule has 1 saturated heterocycles. The minimum absolute atomic E-state index is 0.0137. The molecule has 0 spiro atoms. The first-order chi connectivity index (χ1) is 15.8. The lowest BCUT2D eigenvalue weighted by Crippen LogP contribution is -2.35. The van der Waals surface area contributed by atoms with E-state index in [0.717, 1.165) is 19.3 Å². The third-order valence-corrected chi connectivity index (χ3v) is 7.38. The van der Waals surface area contributed by atoms with Crippen molar-refractivity contribution in [3.05, 3.63) is 77.2 Å². The highest BCUT2D eigenvalue weighted by molar-refractivity contribution is 7.89. The van der Waals surface area contributed by atoms with Crippen molar-refractivity contribution in [3.63, 3.8) is 0 Å². The van der Waals surface area contributed by atoms with Crippen LogP contribution in [0.1, 0.15) is 40.2 Å². The molecule has 10 heteroatoms. The summed E-state index contributed by atoms with van der Waals surface area (Å²) in [5.74, 6) is -0.985. The topological polar surface area (TPSA) is 106 Å². The van der Waals surface area contributed by atoms with Gasteiger partial charge in [-0.25, -0.2) is 13.2 Å². The molecule has 1 aliphatic rings. The maximum absolute atomic E-state index is 13.0. The summed E-state index contributed by atoms with van der Waals surface area (Å²) in [6.07, 6.45) is 3.98. The molecule has 4 rings (SSSR count). The molecule has 2 heterocycles. The maximum atomic E-state index is 13.0. The van der Waals surface area contributed by atoms with Crippen molar-refractivity contribution in [3.8, 4) is 5.75 Å². The van der Waals surface area contributed by atoms with E-state index in [9.17, 15) is 18.0 Å². The summed E-state index contributed by atoms with van der Waals surface area (Å²) in [4.78, 5) is 24.9. The van der Waals surface area contributed by atoms with Crippen LogP contribution in [0.5, 0.6) is 5.75 Å². The zero-order valence-electron chi connectivity index (χ0n) is 17.5. The molecule has 0 aliphatic carbocycles. The van der Waals surface area contributed by atoms with Gasteiger partial charge in [-0.3, -0.25) is 4.79 Å². The number of benzene rings is 2. The summed E-state index contributed by atoms with van der Waals surface area (Å²) in [5, 5.41) is 2.71. The van der Waals surface area contributed by atoms with Gasteiger partial charge in [0, 0.05) is 24.8 Å². The second-order valence-corrected chi connectivity index (χ2v) is 9.80. The summed E-state index contributed by atoms with van der Waals surface area (Å²) in [6.45, 7) is 0.891. The number of nitrogens with zero attached hydrogens (tertiary/aromatic N) is 1. The summed E-state index contributed by atoms with van der Waals surface area (Å²) in [6, 6.07) is 13.3. The molecule has 1 amide bonds. The highest BCUT2D eigenvalue weighted by atomic mass is 35.5. The Kier molecular flexibility index (Phi) is 6.83. The molecule has 1 N–H and O–H groups in total. The fourth-order valence-corrected chi connectivity index (χ4v) is 5.21. The monoisotopic (exact) mass is 488 g/mol. The number of halogens is 1. The van der Waals surface area contributed by atoms with Crippen LogP contribution in [0.3, 0.4) is 0 Å². The predicted molar refractivity (Wildman–Crippen MR) is 122 cm³/mol. The summed E-state index contributed by atoms with van der Waals surface area (Å²) >= 11 is 6.17. The number of esters is 1. The van der Waals surface area contributed by atoms with Crippen LogP contribution in [0, 0.1) is 0 Å². The summed E-state index contributed by atoms with van der Waals surface area (Å²) in [7, 11) is -3.74. The van der Waals surface area contributed by atoms with E-state index in [1.54, 1.807) is 18.2 Å². The van der Waals surface area contributed by atoms with Gasteiger partial charge in [0.05, 0.1) is 21.7 Å². The Morgan fingerprint density at radius 3 is 2.52 bits per heavy atom. The van der Waals surface area contributed by atoms with E-state index in [2.05, 4.69) is 5.32 Å². The van der Waals surface area contributed by atoms with Crippen molar-refractivity contribution < 1.29 is 27.2 Å². The number of sulfonamides is 1. The molecule has 1 aromatic heterocycles. The highest BCUT2D eigenvalue weighted by Crippen LogP contribution is 2.27. The van der Waals surface area contributed by atoms with Crippen molar-refractivity contribution in [2.45, 2.75) is 24.2 Å². The molecule has 33 heavy (non-hydrogen) atoms. The minimum Gasteiger partial charge on any atom is -0.459 e. The first-order valence-corrected chi connectivity index (χ1v) is 12.1. The largest absolute Gasteiger partial charge is 0.459 e. The first-order valence-electron chi connectivity index (χ1n) is 10.3. The van der Waals surface area contributed by atoms with E-state index >= 15 is 0 Å². The number of carbonyl (C=O) groups is 2. The number of hydrogen-bond donors (Lipinski definition) is 1. The lowest BCUT2D eigenvalue weighted by molar-refractivity contribution is 0.0734. The molecular formula is C23H21ClN2O6S. The van der Waals surface area contributed by atoms with E-state index in [4.69, 9.17) is 20.8 Å². The Bertz CT molecular complexity index is 1270. The molecule has 2 aromatic carbocycles. The Morgan fingerprint density at radius 2 is 1.79 bits per heavy atom. The average Bonchev–Trinajstić information content (AvgIpc) is 3.35. The lowest BCUT2D eigenvalue weighted by atomic mass is 10.2. The van der Waals surface area contributed by atoms with Crippen LogP contribution in [0.25, 0.3) is 0 Å². The van der Waals surface area contributed by atoms with E-state index < -0.39 is 21.9 Å². The second-order valence-electron chi connectivity index (χ2n) is 7.46.